The van der Waals surface area contributed by atoms with Crippen LogP contribution in [0.3, 0.4) is 0 Å². The van der Waals surface area contributed by atoms with Crippen molar-refractivity contribution in [2.45, 2.75) is 5.92 Å². The van der Waals surface area contributed by atoms with Crippen molar-refractivity contribution in [3.8, 4) is 5.82 Å². The van der Waals surface area contributed by atoms with E-state index >= 15 is 0 Å². The van der Waals surface area contributed by atoms with Crippen LogP contribution in [0.4, 0.5) is 0 Å². The highest BCUT2D eigenvalue weighted by molar-refractivity contribution is 5.94. The number of hydrogen-bond donors (Lipinski definition) is 1. The number of amides is 1. The Kier molecular flexibility index (Phi) is 4.50. The lowest BCUT2D eigenvalue weighted by Gasteiger charge is -2.17. The average Bonchev–Trinajstić information content (AvgIpc) is 3.38. The van der Waals surface area contributed by atoms with E-state index in [9.17, 15) is 4.79 Å². The fraction of sp³-hybridized carbons (Fsp3) is 0.250. The smallest absolute Gasteiger partial charge is 0.254 e. The van der Waals surface area contributed by atoms with Crippen molar-refractivity contribution in [2.75, 3.05) is 19.6 Å². The number of nitrogens with zero attached hydrogens (tertiary/aromatic N) is 4. The second-order valence-electron chi connectivity index (χ2n) is 6.60. The van der Waals surface area contributed by atoms with E-state index in [1.165, 1.54) is 5.56 Å². The summed E-state index contributed by atoms with van der Waals surface area (Å²) in [5, 5.41) is 0. The third kappa shape index (κ3) is 3.11. The van der Waals surface area contributed by atoms with Gasteiger partial charge in [-0.25, -0.2) is 9.97 Å². The van der Waals surface area contributed by atoms with Crippen LogP contribution in [0.5, 0.6) is 0 Å². The molecule has 6 heteroatoms. The summed E-state index contributed by atoms with van der Waals surface area (Å²) in [6.07, 6.45) is 6.82. The second-order valence-corrected chi connectivity index (χ2v) is 6.60. The van der Waals surface area contributed by atoms with Crippen LogP contribution in [0.2, 0.25) is 0 Å². The van der Waals surface area contributed by atoms with Gasteiger partial charge in [-0.3, -0.25) is 9.36 Å². The second kappa shape index (κ2) is 7.09. The number of hydrogen-bond acceptors (Lipinski definition) is 4. The lowest BCUT2D eigenvalue weighted by Crippen LogP contribution is -2.30. The van der Waals surface area contributed by atoms with E-state index in [2.05, 4.69) is 22.1 Å². The minimum Gasteiger partial charge on any atom is -0.338 e. The highest BCUT2D eigenvalue weighted by atomic mass is 16.2. The van der Waals surface area contributed by atoms with Crippen LogP contribution in [-0.4, -0.2) is 45.0 Å². The summed E-state index contributed by atoms with van der Waals surface area (Å²) in [6.45, 7) is 1.94. The van der Waals surface area contributed by atoms with Gasteiger partial charge in [0.1, 0.15) is 12.1 Å². The number of aromatic nitrogens is 3. The van der Waals surface area contributed by atoms with Crippen molar-refractivity contribution in [1.29, 1.82) is 0 Å². The van der Waals surface area contributed by atoms with Gasteiger partial charge in [0.2, 0.25) is 0 Å². The average molecular weight is 347 g/mol. The first-order chi connectivity index (χ1) is 12.8. The molecule has 0 bridgehead atoms. The van der Waals surface area contributed by atoms with Crippen molar-refractivity contribution >= 4 is 5.91 Å². The Bertz CT molecular complexity index is 878. The lowest BCUT2D eigenvalue weighted by molar-refractivity contribution is 0.0786. The van der Waals surface area contributed by atoms with Crippen molar-refractivity contribution in [1.82, 2.24) is 19.4 Å². The number of carbonyl (C=O) groups excluding carboxylic acids is 1. The summed E-state index contributed by atoms with van der Waals surface area (Å²) in [4.78, 5) is 23.3. The highest BCUT2D eigenvalue weighted by Crippen LogP contribution is 2.32. The van der Waals surface area contributed by atoms with Gasteiger partial charge >= 0.3 is 0 Å². The predicted octanol–water partition coefficient (Wildman–Crippen LogP) is 2.08. The monoisotopic (exact) mass is 347 g/mol. The van der Waals surface area contributed by atoms with Gasteiger partial charge in [-0.05, 0) is 30.2 Å². The Balaban J connectivity index is 1.56. The molecule has 0 spiro atoms. The summed E-state index contributed by atoms with van der Waals surface area (Å²) in [7, 11) is 0. The normalized spacial score (nSPS) is 19.7. The molecule has 3 aromatic rings. The SMILES string of the molecule is NC[C@@H]1CN(C(=O)c2ccnc(-n3ccnc3)c2)C[C@H]1c1ccccc1. The molecule has 1 aliphatic heterocycles. The summed E-state index contributed by atoms with van der Waals surface area (Å²) in [5.74, 6) is 1.25. The number of carbonyl (C=O) groups is 1. The molecule has 6 nitrogen and oxygen atoms in total. The Morgan fingerprint density at radius 1 is 1.15 bits per heavy atom. The molecule has 1 saturated heterocycles. The van der Waals surface area contributed by atoms with Gasteiger partial charge in [0.05, 0.1) is 0 Å². The van der Waals surface area contributed by atoms with E-state index in [4.69, 9.17) is 5.73 Å². The zero-order valence-electron chi connectivity index (χ0n) is 14.4. The van der Waals surface area contributed by atoms with Gasteiger partial charge in [0.25, 0.3) is 5.91 Å². The van der Waals surface area contributed by atoms with Gasteiger partial charge in [-0.15, -0.1) is 0 Å². The first-order valence-corrected chi connectivity index (χ1v) is 8.75. The van der Waals surface area contributed by atoms with Gasteiger partial charge < -0.3 is 10.6 Å². The number of nitrogens with two attached hydrogens (primary N) is 1. The molecule has 132 valence electrons. The molecule has 0 radical (unpaired) electrons. The molecule has 1 aliphatic rings. The lowest BCUT2D eigenvalue weighted by atomic mass is 9.89. The number of imidazole rings is 1. The predicted molar refractivity (Wildman–Crippen MR) is 99.0 cm³/mol. The molecular formula is C20H21N5O. The van der Waals surface area contributed by atoms with Crippen molar-refractivity contribution in [2.24, 2.45) is 11.7 Å². The van der Waals surface area contributed by atoms with Crippen LogP contribution >= 0.6 is 0 Å². The van der Waals surface area contributed by atoms with Crippen molar-refractivity contribution in [3.63, 3.8) is 0 Å². The van der Waals surface area contributed by atoms with Crippen LogP contribution < -0.4 is 5.73 Å². The Morgan fingerprint density at radius 2 is 2.00 bits per heavy atom. The summed E-state index contributed by atoms with van der Waals surface area (Å²) < 4.78 is 1.79. The van der Waals surface area contributed by atoms with Crippen LogP contribution in [0, 0.1) is 5.92 Å². The minimum atomic E-state index is 0.0191. The zero-order chi connectivity index (χ0) is 17.9. The van der Waals surface area contributed by atoms with Gasteiger partial charge in [-0.2, -0.15) is 0 Å². The van der Waals surface area contributed by atoms with E-state index in [0.717, 1.165) is 0 Å². The quantitative estimate of drug-likeness (QED) is 0.784. The fourth-order valence-electron chi connectivity index (χ4n) is 3.62. The molecule has 1 fully saturated rings. The molecule has 2 aromatic heterocycles. The third-order valence-corrected chi connectivity index (χ3v) is 5.02. The molecule has 1 aromatic carbocycles. The maximum atomic E-state index is 13.0. The molecule has 2 N–H and O–H groups in total. The molecule has 0 unspecified atom stereocenters. The molecule has 0 aliphatic carbocycles. The Morgan fingerprint density at radius 3 is 2.73 bits per heavy atom. The molecular weight excluding hydrogens is 326 g/mol. The van der Waals surface area contributed by atoms with E-state index < -0.39 is 0 Å². The Hall–Kier alpha value is -2.99. The zero-order valence-corrected chi connectivity index (χ0v) is 14.4. The van der Waals surface area contributed by atoms with E-state index in [1.807, 2.05) is 29.3 Å². The third-order valence-electron chi connectivity index (χ3n) is 5.02. The van der Waals surface area contributed by atoms with Crippen molar-refractivity contribution < 1.29 is 4.79 Å². The summed E-state index contributed by atoms with van der Waals surface area (Å²) in [5.41, 5.74) is 7.87. The van der Waals surface area contributed by atoms with Crippen LogP contribution in [0.1, 0.15) is 21.8 Å². The van der Waals surface area contributed by atoms with E-state index in [1.54, 1.807) is 35.4 Å². The largest absolute Gasteiger partial charge is 0.338 e. The van der Waals surface area contributed by atoms with Crippen LogP contribution in [0.25, 0.3) is 5.82 Å². The fourth-order valence-corrected chi connectivity index (χ4v) is 3.62. The maximum absolute atomic E-state index is 13.0. The van der Waals surface area contributed by atoms with Gasteiger partial charge in [0.15, 0.2) is 0 Å². The number of benzene rings is 1. The first kappa shape index (κ1) is 16.5. The number of rotatable bonds is 4. The van der Waals surface area contributed by atoms with Crippen LogP contribution in [0.15, 0.2) is 67.4 Å². The van der Waals surface area contributed by atoms with Gasteiger partial charge in [-0.1, -0.05) is 30.3 Å². The highest BCUT2D eigenvalue weighted by Gasteiger charge is 2.35. The van der Waals surface area contributed by atoms with Gasteiger partial charge in [0, 0.05) is 43.2 Å². The molecule has 3 heterocycles. The van der Waals surface area contributed by atoms with Crippen molar-refractivity contribution in [3.05, 3.63) is 78.5 Å². The van der Waals surface area contributed by atoms with Crippen LogP contribution in [-0.2, 0) is 0 Å². The summed E-state index contributed by atoms with van der Waals surface area (Å²) in [6, 6.07) is 13.9. The standard InChI is InChI=1S/C20H21N5O/c21-11-17-12-25(13-18(17)15-4-2-1-3-5-15)20(26)16-6-7-23-19(10-16)24-9-8-22-14-24/h1-10,14,17-18H,11-13,21H2/t17-,18+/m1/s1. The van der Waals surface area contributed by atoms with E-state index in [0.29, 0.717) is 31.0 Å². The number of likely N-dealkylation sites (tertiary alicyclic amines) is 1. The number of pyridine rings is 1. The Labute approximate surface area is 152 Å². The molecule has 1 amide bonds. The summed E-state index contributed by atoms with van der Waals surface area (Å²) >= 11 is 0. The van der Waals surface area contributed by atoms with E-state index in [-0.39, 0.29) is 17.7 Å². The maximum Gasteiger partial charge on any atom is 0.254 e. The molecule has 0 saturated carbocycles. The first-order valence-electron chi connectivity index (χ1n) is 8.75. The molecule has 2 atom stereocenters. The topological polar surface area (TPSA) is 77.0 Å². The molecule has 4 rings (SSSR count). The minimum absolute atomic E-state index is 0.0191. The molecule has 26 heavy (non-hydrogen) atoms.